The number of amides is 1. The van der Waals surface area contributed by atoms with E-state index in [2.05, 4.69) is 5.32 Å². The highest BCUT2D eigenvalue weighted by Gasteiger charge is 2.16. The molecule has 1 aliphatic carbocycles. The molecule has 6 heteroatoms. The predicted molar refractivity (Wildman–Crippen MR) is 66.2 cm³/mol. The van der Waals surface area contributed by atoms with Crippen LogP contribution < -0.4 is 5.32 Å². The molecule has 0 aromatic carbocycles. The summed E-state index contributed by atoms with van der Waals surface area (Å²) in [6.45, 7) is 0.849. The van der Waals surface area contributed by atoms with Gasteiger partial charge in [0.1, 0.15) is 0 Å². The Kier molecular flexibility index (Phi) is 4.57. The van der Waals surface area contributed by atoms with Gasteiger partial charge in [0.2, 0.25) is 5.76 Å². The molecule has 1 aromatic rings. The van der Waals surface area contributed by atoms with E-state index in [-0.39, 0.29) is 11.5 Å². The van der Waals surface area contributed by atoms with Crippen molar-refractivity contribution in [2.24, 2.45) is 0 Å². The molecular formula is C13H17NO5. The lowest BCUT2D eigenvalue weighted by molar-refractivity contribution is 0.0575. The molecule has 0 bridgehead atoms. The third kappa shape index (κ3) is 3.82. The minimum absolute atomic E-state index is 0.00161. The Bertz CT molecular complexity index is 448. The summed E-state index contributed by atoms with van der Waals surface area (Å²) in [4.78, 5) is 22.2. The van der Waals surface area contributed by atoms with Crippen LogP contribution >= 0.6 is 0 Å². The summed E-state index contributed by atoms with van der Waals surface area (Å²) in [6.07, 6.45) is 4.92. The number of furan rings is 1. The summed E-state index contributed by atoms with van der Waals surface area (Å²) in [7, 11) is 0. The van der Waals surface area contributed by atoms with Gasteiger partial charge in [-0.25, -0.2) is 4.79 Å². The second-order valence-electron chi connectivity index (χ2n) is 4.50. The molecule has 1 amide bonds. The van der Waals surface area contributed by atoms with Gasteiger partial charge in [-0.2, -0.15) is 0 Å². The number of hydrogen-bond donors (Lipinski definition) is 2. The van der Waals surface area contributed by atoms with E-state index in [0.29, 0.717) is 19.3 Å². The Morgan fingerprint density at radius 3 is 2.63 bits per heavy atom. The standard InChI is InChI=1S/C13H17NO5/c15-12(10-5-6-11(19-10)13(16)17)14-7-8-18-9-3-1-2-4-9/h5-6,9H,1-4,7-8H2,(H,14,15)(H,16,17). The number of ether oxygens (including phenoxy) is 1. The van der Waals surface area contributed by atoms with E-state index in [9.17, 15) is 9.59 Å². The Balaban J connectivity index is 1.69. The van der Waals surface area contributed by atoms with Crippen molar-refractivity contribution >= 4 is 11.9 Å². The minimum Gasteiger partial charge on any atom is -0.475 e. The highest BCUT2D eigenvalue weighted by molar-refractivity contribution is 5.93. The van der Waals surface area contributed by atoms with Crippen LogP contribution in [0.2, 0.25) is 0 Å². The SMILES string of the molecule is O=C(O)c1ccc(C(=O)NCCOC2CCCC2)o1. The third-order valence-electron chi connectivity index (χ3n) is 3.08. The zero-order valence-corrected chi connectivity index (χ0v) is 10.6. The predicted octanol–water partition coefficient (Wildman–Crippen LogP) is 1.67. The molecule has 0 aliphatic heterocycles. The van der Waals surface area contributed by atoms with Gasteiger partial charge in [-0.15, -0.1) is 0 Å². The van der Waals surface area contributed by atoms with Crippen molar-refractivity contribution in [1.29, 1.82) is 0 Å². The number of nitrogens with one attached hydrogen (secondary N) is 1. The lowest BCUT2D eigenvalue weighted by Gasteiger charge is -2.10. The van der Waals surface area contributed by atoms with E-state index in [4.69, 9.17) is 14.3 Å². The number of carbonyl (C=O) groups is 2. The first-order valence-electron chi connectivity index (χ1n) is 6.40. The molecule has 2 N–H and O–H groups in total. The summed E-state index contributed by atoms with van der Waals surface area (Å²) in [6, 6.07) is 2.60. The van der Waals surface area contributed by atoms with Crippen LogP contribution in [0.5, 0.6) is 0 Å². The fraction of sp³-hybridized carbons (Fsp3) is 0.538. The molecular weight excluding hydrogens is 250 g/mol. The average molecular weight is 267 g/mol. The summed E-state index contributed by atoms with van der Waals surface area (Å²) in [5, 5.41) is 11.3. The van der Waals surface area contributed by atoms with E-state index in [1.807, 2.05) is 0 Å². The van der Waals surface area contributed by atoms with Crippen molar-refractivity contribution in [3.8, 4) is 0 Å². The second kappa shape index (κ2) is 6.38. The molecule has 1 aromatic heterocycles. The monoisotopic (exact) mass is 267 g/mol. The van der Waals surface area contributed by atoms with Gasteiger partial charge in [0.25, 0.3) is 5.91 Å². The van der Waals surface area contributed by atoms with Crippen LogP contribution in [-0.4, -0.2) is 36.2 Å². The van der Waals surface area contributed by atoms with Crippen LogP contribution in [0.3, 0.4) is 0 Å². The number of aromatic carboxylic acids is 1. The first-order valence-corrected chi connectivity index (χ1v) is 6.40. The van der Waals surface area contributed by atoms with Crippen molar-refractivity contribution in [2.45, 2.75) is 31.8 Å². The first-order chi connectivity index (χ1) is 9.16. The lowest BCUT2D eigenvalue weighted by atomic mass is 10.3. The van der Waals surface area contributed by atoms with Crippen molar-refractivity contribution < 1.29 is 23.8 Å². The molecule has 1 saturated carbocycles. The Morgan fingerprint density at radius 2 is 2.00 bits per heavy atom. The van der Waals surface area contributed by atoms with Gasteiger partial charge in [-0.05, 0) is 25.0 Å². The molecule has 0 unspecified atom stereocenters. The van der Waals surface area contributed by atoms with Crippen molar-refractivity contribution in [1.82, 2.24) is 5.32 Å². The molecule has 6 nitrogen and oxygen atoms in total. The van der Waals surface area contributed by atoms with Gasteiger partial charge >= 0.3 is 5.97 Å². The first kappa shape index (κ1) is 13.6. The number of carboxylic acid groups (broad SMARTS) is 1. The van der Waals surface area contributed by atoms with Gasteiger partial charge < -0.3 is 19.6 Å². The highest BCUT2D eigenvalue weighted by Crippen LogP contribution is 2.20. The Hall–Kier alpha value is -1.82. The minimum atomic E-state index is -1.19. The molecule has 1 heterocycles. The van der Waals surface area contributed by atoms with Crippen molar-refractivity contribution in [3.63, 3.8) is 0 Å². The van der Waals surface area contributed by atoms with Crippen LogP contribution in [0, 0.1) is 0 Å². The van der Waals surface area contributed by atoms with Crippen LogP contribution in [0.1, 0.15) is 46.8 Å². The van der Waals surface area contributed by atoms with Gasteiger partial charge in [0.15, 0.2) is 5.76 Å². The molecule has 1 fully saturated rings. The summed E-state index contributed by atoms with van der Waals surface area (Å²) in [5.74, 6) is -1.86. The molecule has 0 atom stereocenters. The maximum atomic E-state index is 11.6. The maximum absolute atomic E-state index is 11.6. The number of carbonyl (C=O) groups excluding carboxylic acids is 1. The van der Waals surface area contributed by atoms with E-state index < -0.39 is 11.9 Å². The number of hydrogen-bond acceptors (Lipinski definition) is 4. The second-order valence-corrected chi connectivity index (χ2v) is 4.50. The van der Waals surface area contributed by atoms with E-state index in [1.54, 1.807) is 0 Å². The summed E-state index contributed by atoms with van der Waals surface area (Å²) >= 11 is 0. The van der Waals surface area contributed by atoms with Crippen molar-refractivity contribution in [2.75, 3.05) is 13.2 Å². The Morgan fingerprint density at radius 1 is 1.32 bits per heavy atom. The summed E-state index contributed by atoms with van der Waals surface area (Å²) in [5.41, 5.74) is 0. The quantitative estimate of drug-likeness (QED) is 0.765. The average Bonchev–Trinajstić information content (AvgIpc) is 3.05. The van der Waals surface area contributed by atoms with E-state index >= 15 is 0 Å². The molecule has 1 aliphatic rings. The number of rotatable bonds is 6. The zero-order valence-electron chi connectivity index (χ0n) is 10.6. The van der Waals surface area contributed by atoms with Crippen LogP contribution in [0.25, 0.3) is 0 Å². The van der Waals surface area contributed by atoms with E-state index in [1.165, 1.54) is 25.0 Å². The van der Waals surface area contributed by atoms with Crippen LogP contribution in [0.15, 0.2) is 16.5 Å². The maximum Gasteiger partial charge on any atom is 0.371 e. The van der Waals surface area contributed by atoms with Gasteiger partial charge in [-0.3, -0.25) is 4.79 Å². The molecule has 0 saturated heterocycles. The third-order valence-corrected chi connectivity index (χ3v) is 3.08. The van der Waals surface area contributed by atoms with Gasteiger partial charge in [0.05, 0.1) is 12.7 Å². The fourth-order valence-corrected chi connectivity index (χ4v) is 2.11. The smallest absolute Gasteiger partial charge is 0.371 e. The van der Waals surface area contributed by atoms with Crippen LogP contribution in [0.4, 0.5) is 0 Å². The zero-order chi connectivity index (χ0) is 13.7. The van der Waals surface area contributed by atoms with Gasteiger partial charge in [-0.1, -0.05) is 12.8 Å². The largest absolute Gasteiger partial charge is 0.475 e. The molecule has 0 spiro atoms. The normalized spacial score (nSPS) is 15.6. The van der Waals surface area contributed by atoms with E-state index in [0.717, 1.165) is 12.8 Å². The molecule has 0 radical (unpaired) electrons. The fourth-order valence-electron chi connectivity index (χ4n) is 2.11. The molecule has 104 valence electrons. The Labute approximate surface area is 110 Å². The van der Waals surface area contributed by atoms with Crippen molar-refractivity contribution in [3.05, 3.63) is 23.7 Å². The summed E-state index contributed by atoms with van der Waals surface area (Å²) < 4.78 is 10.5. The highest BCUT2D eigenvalue weighted by atomic mass is 16.5. The van der Waals surface area contributed by atoms with Crippen LogP contribution in [-0.2, 0) is 4.74 Å². The molecule has 2 rings (SSSR count). The number of carboxylic acids is 1. The lowest BCUT2D eigenvalue weighted by Crippen LogP contribution is -2.28. The topological polar surface area (TPSA) is 88.8 Å². The molecule has 19 heavy (non-hydrogen) atoms. The van der Waals surface area contributed by atoms with Gasteiger partial charge in [0, 0.05) is 6.54 Å².